The number of carbonyl (C=O) groups is 1. The predicted molar refractivity (Wildman–Crippen MR) is 150 cm³/mol. The lowest BCUT2D eigenvalue weighted by Crippen LogP contribution is -2.38. The molecule has 2 unspecified atom stereocenters. The van der Waals surface area contributed by atoms with E-state index < -0.39 is 23.2 Å². The third-order valence-corrected chi connectivity index (χ3v) is 7.01. The largest absolute Gasteiger partial charge is 0.755 e. The lowest BCUT2D eigenvalue weighted by molar-refractivity contribution is -0.117. The minimum Gasteiger partial charge on any atom is -0.755 e. The maximum atomic E-state index is 13.7. The van der Waals surface area contributed by atoms with Gasteiger partial charge in [0.2, 0.25) is 0 Å². The van der Waals surface area contributed by atoms with E-state index in [4.69, 9.17) is 11.6 Å². The molecule has 0 aliphatic rings. The monoisotopic (exact) mass is 542 g/mol. The van der Waals surface area contributed by atoms with Gasteiger partial charge in [-0.05, 0) is 70.9 Å². The molecule has 190 valence electrons. The molecule has 7 nitrogen and oxygen atoms in total. The van der Waals surface area contributed by atoms with E-state index in [1.54, 1.807) is 109 Å². The number of nitrogens with zero attached hydrogens (tertiary/aromatic N) is 2. The van der Waals surface area contributed by atoms with E-state index in [2.05, 4.69) is 5.32 Å². The van der Waals surface area contributed by atoms with Crippen molar-refractivity contribution in [3.8, 4) is 5.69 Å². The topological polar surface area (TPSA) is 94.5 Å². The van der Waals surface area contributed by atoms with Crippen molar-refractivity contribution in [1.82, 2.24) is 4.57 Å². The molecule has 0 aliphatic heterocycles. The van der Waals surface area contributed by atoms with Gasteiger partial charge in [-0.25, -0.2) is 0 Å². The number of halogens is 1. The van der Waals surface area contributed by atoms with Crippen LogP contribution >= 0.6 is 11.6 Å². The maximum absolute atomic E-state index is 13.7. The Morgan fingerprint density at radius 3 is 2.26 bits per heavy atom. The van der Waals surface area contributed by atoms with Gasteiger partial charge >= 0.3 is 0 Å². The highest BCUT2D eigenvalue weighted by atomic mass is 35.5. The van der Waals surface area contributed by atoms with Crippen LogP contribution in [0, 0.1) is 0 Å². The third kappa shape index (κ3) is 5.38. The summed E-state index contributed by atoms with van der Waals surface area (Å²) < 4.78 is 27.7. The molecule has 0 saturated carbocycles. The lowest BCUT2D eigenvalue weighted by Gasteiger charge is -2.34. The van der Waals surface area contributed by atoms with Gasteiger partial charge in [0.1, 0.15) is 6.04 Å². The van der Waals surface area contributed by atoms with E-state index in [0.29, 0.717) is 27.6 Å². The van der Waals surface area contributed by atoms with E-state index in [9.17, 15) is 18.4 Å². The Bertz CT molecular complexity index is 1690. The summed E-state index contributed by atoms with van der Waals surface area (Å²) in [5.41, 5.74) is 1.73. The summed E-state index contributed by atoms with van der Waals surface area (Å²) in [6.07, 6.45) is 1.65. The van der Waals surface area contributed by atoms with Crippen LogP contribution in [0.25, 0.3) is 16.5 Å². The molecule has 0 spiro atoms. The van der Waals surface area contributed by atoms with Crippen molar-refractivity contribution < 1.29 is 13.6 Å². The molecule has 1 N–H and O–H groups in total. The van der Waals surface area contributed by atoms with Crippen molar-refractivity contribution in [2.75, 3.05) is 9.62 Å². The number of rotatable bonds is 7. The van der Waals surface area contributed by atoms with Gasteiger partial charge in [-0.1, -0.05) is 60.1 Å². The second-order valence-electron chi connectivity index (χ2n) is 8.48. The minimum absolute atomic E-state index is 0.181. The van der Waals surface area contributed by atoms with Gasteiger partial charge in [0.25, 0.3) is 11.5 Å². The number of nitrogens with one attached hydrogen (secondary N) is 1. The molecule has 0 aliphatic carbocycles. The number of aromatic nitrogens is 1. The molecule has 2 atom stereocenters. The van der Waals surface area contributed by atoms with Crippen LogP contribution in [-0.4, -0.2) is 19.2 Å². The molecular weight excluding hydrogens is 522 g/mol. The van der Waals surface area contributed by atoms with Crippen LogP contribution < -0.4 is 15.2 Å². The number of benzene rings is 4. The number of hydrogen-bond donors (Lipinski definition) is 1. The molecule has 1 aromatic heterocycles. The Balaban J connectivity index is 1.50. The van der Waals surface area contributed by atoms with Crippen LogP contribution in [0.15, 0.2) is 120 Å². The Kier molecular flexibility index (Phi) is 7.37. The summed E-state index contributed by atoms with van der Waals surface area (Å²) >= 11 is 3.31. The highest BCUT2D eigenvalue weighted by Crippen LogP contribution is 2.33. The van der Waals surface area contributed by atoms with Crippen LogP contribution in [-0.2, 0) is 16.1 Å². The second-order valence-corrected chi connectivity index (χ2v) is 9.74. The van der Waals surface area contributed by atoms with Gasteiger partial charge < -0.3 is 9.87 Å². The molecule has 1 amide bonds. The number of fused-ring (bicyclic) bond motifs is 1. The fourth-order valence-corrected chi connectivity index (χ4v) is 5.10. The molecule has 38 heavy (non-hydrogen) atoms. The highest BCUT2D eigenvalue weighted by molar-refractivity contribution is 7.80. The molecule has 5 rings (SSSR count). The van der Waals surface area contributed by atoms with Crippen LogP contribution in [0.4, 0.5) is 11.4 Å². The van der Waals surface area contributed by atoms with Gasteiger partial charge in [0, 0.05) is 39.9 Å². The van der Waals surface area contributed by atoms with E-state index in [0.717, 1.165) is 15.1 Å². The smallest absolute Gasteiger partial charge is 0.255 e. The van der Waals surface area contributed by atoms with Crippen molar-refractivity contribution in [3.63, 3.8) is 0 Å². The molecule has 0 radical (unpaired) electrons. The van der Waals surface area contributed by atoms with Gasteiger partial charge in [0.05, 0.1) is 5.69 Å². The Morgan fingerprint density at radius 1 is 0.868 bits per heavy atom. The zero-order valence-corrected chi connectivity index (χ0v) is 21.4. The zero-order valence-electron chi connectivity index (χ0n) is 19.9. The lowest BCUT2D eigenvalue weighted by atomic mass is 10.0. The summed E-state index contributed by atoms with van der Waals surface area (Å²) in [5.74, 6) is -0.541. The fraction of sp³-hybridized carbons (Fsp3) is 0.0345. The molecule has 0 saturated heterocycles. The number of carbonyl (C=O) groups excluding carboxylic acids is 1. The normalized spacial score (nSPS) is 12.6. The summed E-state index contributed by atoms with van der Waals surface area (Å²) in [7, 11) is 0. The molecular formula is C29H21ClN3O4S-. The van der Waals surface area contributed by atoms with Crippen LogP contribution in [0.3, 0.4) is 0 Å². The Morgan fingerprint density at radius 2 is 1.55 bits per heavy atom. The minimum atomic E-state index is -2.78. The first-order valence-electron chi connectivity index (χ1n) is 11.6. The Hall–Kier alpha value is -4.24. The average molecular weight is 543 g/mol. The summed E-state index contributed by atoms with van der Waals surface area (Å²) in [6, 6.07) is 29.5. The van der Waals surface area contributed by atoms with Crippen molar-refractivity contribution in [2.24, 2.45) is 0 Å². The van der Waals surface area contributed by atoms with Gasteiger partial charge in [-0.15, -0.1) is 0 Å². The predicted octanol–water partition coefficient (Wildman–Crippen LogP) is 5.62. The first-order valence-corrected chi connectivity index (χ1v) is 13.0. The fourth-order valence-electron chi connectivity index (χ4n) is 4.25. The van der Waals surface area contributed by atoms with Gasteiger partial charge in [0.15, 0.2) is 0 Å². The highest BCUT2D eigenvalue weighted by Gasteiger charge is 2.29. The SMILES string of the molecule is O=C(Nc1ccc(-n2ccccc2=O)cc1)C(c1ccccc1)N(c1ccc2cc(Cl)ccc2c1)S(=O)[O-]. The van der Waals surface area contributed by atoms with Crippen LogP contribution in [0.5, 0.6) is 0 Å². The summed E-state index contributed by atoms with van der Waals surface area (Å²) in [5, 5.41) is 5.02. The quantitative estimate of drug-likeness (QED) is 0.270. The first kappa shape index (κ1) is 25.4. The van der Waals surface area contributed by atoms with E-state index in [-0.39, 0.29) is 5.56 Å². The molecule has 4 aromatic carbocycles. The van der Waals surface area contributed by atoms with E-state index in [1.165, 1.54) is 10.6 Å². The number of hydrogen-bond acceptors (Lipinski definition) is 4. The zero-order chi connectivity index (χ0) is 26.6. The van der Waals surface area contributed by atoms with Crippen molar-refractivity contribution in [2.45, 2.75) is 6.04 Å². The summed E-state index contributed by atoms with van der Waals surface area (Å²) in [6.45, 7) is 0. The van der Waals surface area contributed by atoms with Crippen molar-refractivity contribution >= 4 is 50.9 Å². The van der Waals surface area contributed by atoms with E-state index >= 15 is 0 Å². The maximum Gasteiger partial charge on any atom is 0.255 e. The average Bonchev–Trinajstić information content (AvgIpc) is 2.92. The molecule has 5 aromatic rings. The third-order valence-electron chi connectivity index (χ3n) is 6.03. The number of amides is 1. The second kappa shape index (κ2) is 11.0. The van der Waals surface area contributed by atoms with Gasteiger partial charge in [-0.3, -0.25) is 22.7 Å². The molecule has 9 heteroatoms. The van der Waals surface area contributed by atoms with Crippen molar-refractivity contribution in [3.05, 3.63) is 136 Å². The van der Waals surface area contributed by atoms with E-state index in [1.807, 2.05) is 0 Å². The van der Waals surface area contributed by atoms with Crippen LogP contribution in [0.2, 0.25) is 5.02 Å². The molecule has 0 bridgehead atoms. The summed E-state index contributed by atoms with van der Waals surface area (Å²) in [4.78, 5) is 25.8. The number of pyridine rings is 1. The van der Waals surface area contributed by atoms with Gasteiger partial charge in [-0.2, -0.15) is 0 Å². The van der Waals surface area contributed by atoms with Crippen molar-refractivity contribution in [1.29, 1.82) is 0 Å². The number of anilines is 2. The first-order chi connectivity index (χ1) is 18.4. The molecule has 1 heterocycles. The standard InChI is InChI=1S/C29H22ClN3O4S/c30-23-11-9-22-19-26(14-10-21(22)18-23)33(38(36)37)28(20-6-2-1-3-7-20)29(35)31-24-12-15-25(16-13-24)32-17-5-4-8-27(32)34/h1-19,28H,(H,31,35)(H,36,37)/p-1. The Labute approximate surface area is 226 Å². The van der Waals surface area contributed by atoms with Crippen LogP contribution in [0.1, 0.15) is 11.6 Å². The molecule has 0 fully saturated rings.